The van der Waals surface area contributed by atoms with E-state index < -0.39 is 21.5 Å². The van der Waals surface area contributed by atoms with Crippen LogP contribution in [-0.2, 0) is 14.6 Å². The number of halogens is 3. The highest BCUT2D eigenvalue weighted by atomic mass is 127. The number of aliphatic imine (C=N–C) groups is 1. The van der Waals surface area contributed by atoms with Crippen LogP contribution < -0.4 is 10.6 Å². The summed E-state index contributed by atoms with van der Waals surface area (Å²) in [5, 5.41) is 6.03. The molecule has 1 rings (SSSR count). The summed E-state index contributed by atoms with van der Waals surface area (Å²) >= 11 is 0. The van der Waals surface area contributed by atoms with Gasteiger partial charge in [0.15, 0.2) is 17.6 Å². The molecule has 0 saturated carbocycles. The fraction of sp³-hybridized carbons (Fsp3) is 0.533. The Morgan fingerprint density at radius 1 is 1.28 bits per heavy atom. The van der Waals surface area contributed by atoms with E-state index in [4.69, 9.17) is 4.74 Å². The van der Waals surface area contributed by atoms with Gasteiger partial charge in [0, 0.05) is 19.8 Å². The smallest absolute Gasteiger partial charge is 0.191 e. The topological polar surface area (TPSA) is 79.8 Å². The minimum atomic E-state index is -3.02. The molecule has 0 saturated heterocycles. The number of nitrogens with one attached hydrogen (secondary N) is 2. The van der Waals surface area contributed by atoms with E-state index in [1.54, 1.807) is 14.0 Å². The molecule has 1 aromatic rings. The van der Waals surface area contributed by atoms with Gasteiger partial charge in [0.25, 0.3) is 0 Å². The molecular weight excluding hydrogens is 467 g/mol. The van der Waals surface area contributed by atoms with Crippen LogP contribution in [0.15, 0.2) is 23.2 Å². The van der Waals surface area contributed by atoms with Crippen LogP contribution in [0, 0.1) is 11.6 Å². The van der Waals surface area contributed by atoms with E-state index in [1.165, 1.54) is 6.07 Å². The number of rotatable bonds is 8. The van der Waals surface area contributed by atoms with Crippen LogP contribution in [0.3, 0.4) is 0 Å². The third kappa shape index (κ3) is 9.90. The molecule has 1 atom stereocenters. The van der Waals surface area contributed by atoms with Crippen molar-refractivity contribution in [1.29, 1.82) is 0 Å². The molecule has 6 nitrogen and oxygen atoms in total. The number of benzene rings is 1. The Hall–Kier alpha value is -1.01. The van der Waals surface area contributed by atoms with Gasteiger partial charge in [-0.15, -0.1) is 24.0 Å². The van der Waals surface area contributed by atoms with Gasteiger partial charge in [-0.3, -0.25) is 4.99 Å². The lowest BCUT2D eigenvalue weighted by molar-refractivity contribution is 0.154. The maximum absolute atomic E-state index is 13.3. The van der Waals surface area contributed by atoms with E-state index >= 15 is 0 Å². The first-order valence-corrected chi connectivity index (χ1v) is 9.46. The Labute approximate surface area is 164 Å². The zero-order chi connectivity index (χ0) is 18.2. The van der Waals surface area contributed by atoms with Gasteiger partial charge in [0.2, 0.25) is 0 Å². The molecule has 0 amide bonds. The summed E-state index contributed by atoms with van der Waals surface area (Å²) < 4.78 is 53.3. The zero-order valence-corrected chi connectivity index (χ0v) is 17.5. The van der Waals surface area contributed by atoms with Crippen molar-refractivity contribution in [3.8, 4) is 0 Å². The number of nitrogens with zero attached hydrogens (tertiary/aromatic N) is 1. The van der Waals surface area contributed by atoms with Crippen LogP contribution in [0.2, 0.25) is 0 Å². The molecule has 0 aromatic heterocycles. The third-order valence-corrected chi connectivity index (χ3v) is 4.07. The first-order valence-electron chi connectivity index (χ1n) is 7.40. The quantitative estimate of drug-likeness (QED) is 0.251. The summed E-state index contributed by atoms with van der Waals surface area (Å²) in [7, 11) is -1.44. The molecule has 25 heavy (non-hydrogen) atoms. The maximum Gasteiger partial charge on any atom is 0.191 e. The highest BCUT2D eigenvalue weighted by Gasteiger charge is 2.10. The Kier molecular flexibility index (Phi) is 11.1. The average molecular weight is 491 g/mol. The van der Waals surface area contributed by atoms with Crippen LogP contribution in [0.1, 0.15) is 18.5 Å². The van der Waals surface area contributed by atoms with Gasteiger partial charge in [-0.25, -0.2) is 17.2 Å². The minimum absolute atomic E-state index is 0. The van der Waals surface area contributed by atoms with Gasteiger partial charge in [0.1, 0.15) is 9.84 Å². The summed E-state index contributed by atoms with van der Waals surface area (Å²) in [6.45, 7) is 2.67. The minimum Gasteiger partial charge on any atom is -0.379 e. The van der Waals surface area contributed by atoms with Crippen LogP contribution >= 0.6 is 24.0 Å². The van der Waals surface area contributed by atoms with Crippen molar-refractivity contribution in [2.45, 2.75) is 13.0 Å². The highest BCUT2D eigenvalue weighted by Crippen LogP contribution is 2.15. The summed E-state index contributed by atoms with van der Waals surface area (Å²) in [6.07, 6.45) is 1.15. The van der Waals surface area contributed by atoms with Gasteiger partial charge >= 0.3 is 0 Å². The molecule has 10 heteroatoms. The molecule has 0 aliphatic carbocycles. The third-order valence-electron chi connectivity index (χ3n) is 3.16. The lowest BCUT2D eigenvalue weighted by Gasteiger charge is -2.18. The first kappa shape index (κ1) is 24.0. The SMILES string of the molecule is CN=C(NCCOCCS(C)(=O)=O)NC(C)c1ccc(F)c(F)c1.I. The van der Waals surface area contributed by atoms with Crippen LogP contribution in [-0.4, -0.2) is 53.2 Å². The van der Waals surface area contributed by atoms with Crippen molar-refractivity contribution in [2.24, 2.45) is 4.99 Å². The number of sulfone groups is 1. The molecule has 0 bridgehead atoms. The number of hydrogen-bond acceptors (Lipinski definition) is 4. The molecule has 0 aliphatic heterocycles. The fourth-order valence-corrected chi connectivity index (χ4v) is 2.24. The van der Waals surface area contributed by atoms with Crippen molar-refractivity contribution in [2.75, 3.05) is 38.8 Å². The molecule has 0 aliphatic rings. The maximum atomic E-state index is 13.3. The molecule has 1 unspecified atom stereocenters. The van der Waals surface area contributed by atoms with E-state index in [1.807, 2.05) is 0 Å². The number of guanidine groups is 1. The Morgan fingerprint density at radius 2 is 1.96 bits per heavy atom. The van der Waals surface area contributed by atoms with Crippen molar-refractivity contribution in [3.63, 3.8) is 0 Å². The van der Waals surface area contributed by atoms with E-state index in [0.717, 1.165) is 18.4 Å². The summed E-state index contributed by atoms with van der Waals surface area (Å²) in [5.74, 6) is -1.34. The average Bonchev–Trinajstić information content (AvgIpc) is 2.50. The molecule has 144 valence electrons. The van der Waals surface area contributed by atoms with Crippen LogP contribution in [0.25, 0.3) is 0 Å². The van der Waals surface area contributed by atoms with Crippen molar-refractivity contribution >= 4 is 39.8 Å². The van der Waals surface area contributed by atoms with Crippen molar-refractivity contribution < 1.29 is 21.9 Å². The van der Waals surface area contributed by atoms with Gasteiger partial charge in [0.05, 0.1) is 25.0 Å². The molecular formula is C15H24F2IN3O3S. The molecule has 0 radical (unpaired) electrons. The monoisotopic (exact) mass is 491 g/mol. The van der Waals surface area contributed by atoms with Crippen LogP contribution in [0.4, 0.5) is 8.78 Å². The Balaban J connectivity index is 0.00000576. The summed E-state index contributed by atoms with van der Waals surface area (Å²) in [5.41, 5.74) is 0.584. The van der Waals surface area contributed by atoms with Gasteiger partial charge in [-0.1, -0.05) is 6.07 Å². The molecule has 1 aromatic carbocycles. The lowest BCUT2D eigenvalue weighted by atomic mass is 10.1. The van der Waals surface area contributed by atoms with Gasteiger partial charge in [-0.2, -0.15) is 0 Å². The largest absolute Gasteiger partial charge is 0.379 e. The number of ether oxygens (including phenoxy) is 1. The highest BCUT2D eigenvalue weighted by molar-refractivity contribution is 14.0. The molecule has 0 fully saturated rings. The van der Waals surface area contributed by atoms with E-state index in [0.29, 0.717) is 24.7 Å². The van der Waals surface area contributed by atoms with Crippen LogP contribution in [0.5, 0.6) is 0 Å². The van der Waals surface area contributed by atoms with Gasteiger partial charge < -0.3 is 15.4 Å². The van der Waals surface area contributed by atoms with Crippen molar-refractivity contribution in [1.82, 2.24) is 10.6 Å². The predicted octanol–water partition coefficient (Wildman–Crippen LogP) is 1.87. The van der Waals surface area contributed by atoms with E-state index in [-0.39, 0.29) is 42.4 Å². The second kappa shape index (κ2) is 11.6. The first-order chi connectivity index (χ1) is 11.2. The van der Waals surface area contributed by atoms with E-state index in [9.17, 15) is 17.2 Å². The predicted molar refractivity (Wildman–Crippen MR) is 105 cm³/mol. The molecule has 0 spiro atoms. The summed E-state index contributed by atoms with van der Waals surface area (Å²) in [4.78, 5) is 4.03. The summed E-state index contributed by atoms with van der Waals surface area (Å²) in [6, 6.07) is 3.43. The standard InChI is InChI=1S/C15H23F2N3O3S.HI/c1-11(12-4-5-13(16)14(17)10-12)20-15(18-2)19-6-7-23-8-9-24(3,21)22;/h4-5,10-11H,6-9H2,1-3H3,(H2,18,19,20);1H. The normalized spacial score (nSPS) is 13.1. The molecule has 0 heterocycles. The zero-order valence-electron chi connectivity index (χ0n) is 14.4. The second-order valence-electron chi connectivity index (χ2n) is 5.28. The Morgan fingerprint density at radius 3 is 2.52 bits per heavy atom. The lowest BCUT2D eigenvalue weighted by Crippen LogP contribution is -2.40. The Bertz CT molecular complexity index is 672. The fourth-order valence-electron chi connectivity index (χ4n) is 1.82. The van der Waals surface area contributed by atoms with Crippen molar-refractivity contribution in [3.05, 3.63) is 35.4 Å². The second-order valence-corrected chi connectivity index (χ2v) is 7.54. The van der Waals surface area contributed by atoms with Gasteiger partial charge in [-0.05, 0) is 24.6 Å². The molecule has 2 N–H and O–H groups in total. The van der Waals surface area contributed by atoms with E-state index in [2.05, 4.69) is 15.6 Å². The number of hydrogen-bond donors (Lipinski definition) is 2.